The minimum atomic E-state index is -0.533. The average molecular weight is 268 g/mol. The molecule has 108 valence electrons. The van der Waals surface area contributed by atoms with Crippen molar-refractivity contribution in [1.29, 1.82) is 0 Å². The van der Waals surface area contributed by atoms with E-state index in [4.69, 9.17) is 4.74 Å². The third kappa shape index (κ3) is 4.49. The molecule has 0 bridgehead atoms. The van der Waals surface area contributed by atoms with Gasteiger partial charge in [0.15, 0.2) is 0 Å². The highest BCUT2D eigenvalue weighted by atomic mass is 16.5. The standard InChI is InChI=1S/C14H24N2O3/c1-10-4-6-11(7-5-10)16-14(18)13(17)15-9-12-3-2-8-19-12/h10-12H,2-9H2,1H3,(H,15,17)(H,16,18)/t10?,11?,12-/m1/s1. The van der Waals surface area contributed by atoms with Crippen molar-refractivity contribution in [1.82, 2.24) is 10.6 Å². The zero-order chi connectivity index (χ0) is 13.7. The van der Waals surface area contributed by atoms with Crippen LogP contribution in [-0.4, -0.2) is 37.1 Å². The van der Waals surface area contributed by atoms with E-state index in [1.165, 1.54) is 0 Å². The maximum atomic E-state index is 11.7. The van der Waals surface area contributed by atoms with Crippen LogP contribution in [0.25, 0.3) is 0 Å². The molecule has 1 aliphatic carbocycles. The SMILES string of the molecule is CC1CCC(NC(=O)C(=O)NC[C@H]2CCCO2)CC1. The van der Waals surface area contributed by atoms with Gasteiger partial charge in [-0.3, -0.25) is 9.59 Å². The van der Waals surface area contributed by atoms with E-state index in [1.54, 1.807) is 0 Å². The average Bonchev–Trinajstić information content (AvgIpc) is 2.91. The second-order valence-electron chi connectivity index (χ2n) is 5.78. The van der Waals surface area contributed by atoms with Gasteiger partial charge in [-0.2, -0.15) is 0 Å². The van der Waals surface area contributed by atoms with E-state index in [9.17, 15) is 9.59 Å². The smallest absolute Gasteiger partial charge is 0.309 e. The van der Waals surface area contributed by atoms with Gasteiger partial charge in [-0.1, -0.05) is 6.92 Å². The van der Waals surface area contributed by atoms with Crippen LogP contribution in [0.5, 0.6) is 0 Å². The predicted octanol–water partition coefficient (Wildman–Crippen LogP) is 0.976. The molecule has 0 spiro atoms. The van der Waals surface area contributed by atoms with Gasteiger partial charge in [0.2, 0.25) is 0 Å². The fraction of sp³-hybridized carbons (Fsp3) is 0.857. The molecule has 0 unspecified atom stereocenters. The molecule has 2 rings (SSSR count). The van der Waals surface area contributed by atoms with Gasteiger partial charge in [0.25, 0.3) is 0 Å². The van der Waals surface area contributed by atoms with E-state index in [2.05, 4.69) is 17.6 Å². The largest absolute Gasteiger partial charge is 0.376 e. The molecule has 2 amide bonds. The number of carbonyl (C=O) groups excluding carboxylic acids is 2. The van der Waals surface area contributed by atoms with Crippen LogP contribution in [0.4, 0.5) is 0 Å². The van der Waals surface area contributed by atoms with E-state index in [0.29, 0.717) is 6.54 Å². The van der Waals surface area contributed by atoms with Crippen LogP contribution in [0.2, 0.25) is 0 Å². The number of rotatable bonds is 3. The molecule has 2 aliphatic rings. The predicted molar refractivity (Wildman–Crippen MR) is 71.5 cm³/mol. The molecule has 1 saturated heterocycles. The van der Waals surface area contributed by atoms with Gasteiger partial charge in [-0.15, -0.1) is 0 Å². The molecule has 0 radical (unpaired) electrons. The summed E-state index contributed by atoms with van der Waals surface area (Å²) in [6.07, 6.45) is 6.28. The minimum absolute atomic E-state index is 0.0762. The summed E-state index contributed by atoms with van der Waals surface area (Å²) in [7, 11) is 0. The van der Waals surface area contributed by atoms with Crippen molar-refractivity contribution in [3.63, 3.8) is 0 Å². The lowest BCUT2D eigenvalue weighted by atomic mass is 9.87. The Hall–Kier alpha value is -1.10. The number of hydrogen-bond donors (Lipinski definition) is 2. The highest BCUT2D eigenvalue weighted by Gasteiger charge is 2.23. The summed E-state index contributed by atoms with van der Waals surface area (Å²) in [5.41, 5.74) is 0. The van der Waals surface area contributed by atoms with Gasteiger partial charge in [-0.05, 0) is 44.4 Å². The molecule has 5 nitrogen and oxygen atoms in total. The zero-order valence-corrected chi connectivity index (χ0v) is 11.6. The monoisotopic (exact) mass is 268 g/mol. The Bertz CT molecular complexity index is 319. The van der Waals surface area contributed by atoms with Gasteiger partial charge < -0.3 is 15.4 Å². The first-order chi connectivity index (χ1) is 9.15. The third-order valence-electron chi connectivity index (χ3n) is 4.07. The lowest BCUT2D eigenvalue weighted by molar-refractivity contribution is -0.140. The van der Waals surface area contributed by atoms with Crippen LogP contribution in [0, 0.1) is 5.92 Å². The molecule has 0 aromatic rings. The first kappa shape index (κ1) is 14.3. The number of ether oxygens (including phenoxy) is 1. The minimum Gasteiger partial charge on any atom is -0.376 e. The lowest BCUT2D eigenvalue weighted by Crippen LogP contribution is -2.47. The number of nitrogens with one attached hydrogen (secondary N) is 2. The van der Waals surface area contributed by atoms with Gasteiger partial charge in [0.05, 0.1) is 6.10 Å². The molecule has 2 N–H and O–H groups in total. The topological polar surface area (TPSA) is 67.4 Å². The molecule has 1 saturated carbocycles. The normalized spacial score (nSPS) is 30.9. The molecular weight excluding hydrogens is 244 g/mol. The van der Waals surface area contributed by atoms with E-state index >= 15 is 0 Å². The van der Waals surface area contributed by atoms with Gasteiger partial charge in [0, 0.05) is 19.2 Å². The van der Waals surface area contributed by atoms with Crippen molar-refractivity contribution in [3.8, 4) is 0 Å². The summed E-state index contributed by atoms with van der Waals surface area (Å²) < 4.78 is 5.40. The summed E-state index contributed by atoms with van der Waals surface area (Å²) in [4.78, 5) is 23.4. The number of carbonyl (C=O) groups is 2. The Balaban J connectivity index is 1.65. The fourth-order valence-corrected chi connectivity index (χ4v) is 2.75. The van der Waals surface area contributed by atoms with Crippen LogP contribution in [0.1, 0.15) is 45.4 Å². The Morgan fingerprint density at radius 1 is 1.11 bits per heavy atom. The fourth-order valence-electron chi connectivity index (χ4n) is 2.75. The van der Waals surface area contributed by atoms with Gasteiger partial charge in [0.1, 0.15) is 0 Å². The van der Waals surface area contributed by atoms with E-state index in [1.807, 2.05) is 0 Å². The van der Waals surface area contributed by atoms with Crippen molar-refractivity contribution in [2.75, 3.05) is 13.2 Å². The van der Waals surface area contributed by atoms with Crippen molar-refractivity contribution in [2.45, 2.75) is 57.6 Å². The highest BCUT2D eigenvalue weighted by molar-refractivity contribution is 6.35. The molecular formula is C14H24N2O3. The third-order valence-corrected chi connectivity index (χ3v) is 4.07. The maximum absolute atomic E-state index is 11.7. The van der Waals surface area contributed by atoms with E-state index in [-0.39, 0.29) is 12.1 Å². The lowest BCUT2D eigenvalue weighted by Gasteiger charge is -2.26. The quantitative estimate of drug-likeness (QED) is 0.750. The number of hydrogen-bond acceptors (Lipinski definition) is 3. The summed E-state index contributed by atoms with van der Waals surface area (Å²) >= 11 is 0. The maximum Gasteiger partial charge on any atom is 0.309 e. The molecule has 19 heavy (non-hydrogen) atoms. The Kier molecular flexibility index (Phi) is 5.19. The van der Waals surface area contributed by atoms with Gasteiger partial charge >= 0.3 is 11.8 Å². The molecule has 1 heterocycles. The van der Waals surface area contributed by atoms with Crippen LogP contribution in [0.15, 0.2) is 0 Å². The first-order valence-electron chi connectivity index (χ1n) is 7.35. The van der Waals surface area contributed by atoms with Crippen LogP contribution < -0.4 is 10.6 Å². The van der Waals surface area contributed by atoms with Crippen LogP contribution in [0.3, 0.4) is 0 Å². The van der Waals surface area contributed by atoms with Crippen LogP contribution >= 0.6 is 0 Å². The van der Waals surface area contributed by atoms with Crippen molar-refractivity contribution in [2.24, 2.45) is 5.92 Å². The molecule has 5 heteroatoms. The second-order valence-corrected chi connectivity index (χ2v) is 5.78. The summed E-state index contributed by atoms with van der Waals surface area (Å²) in [6, 6.07) is 0.164. The van der Waals surface area contributed by atoms with Crippen molar-refractivity contribution >= 4 is 11.8 Å². The van der Waals surface area contributed by atoms with Crippen molar-refractivity contribution in [3.05, 3.63) is 0 Å². The Labute approximate surface area is 114 Å². The number of amides is 2. The van der Waals surface area contributed by atoms with E-state index in [0.717, 1.165) is 51.0 Å². The van der Waals surface area contributed by atoms with Crippen LogP contribution in [-0.2, 0) is 14.3 Å². The summed E-state index contributed by atoms with van der Waals surface area (Å²) in [5.74, 6) is -0.298. The second kappa shape index (κ2) is 6.89. The van der Waals surface area contributed by atoms with Gasteiger partial charge in [-0.25, -0.2) is 0 Å². The molecule has 2 fully saturated rings. The Morgan fingerprint density at radius 3 is 2.47 bits per heavy atom. The molecule has 1 atom stereocenters. The first-order valence-corrected chi connectivity index (χ1v) is 7.35. The van der Waals surface area contributed by atoms with E-state index < -0.39 is 11.8 Å². The molecule has 1 aliphatic heterocycles. The zero-order valence-electron chi connectivity index (χ0n) is 11.6. The summed E-state index contributed by atoms with van der Waals surface area (Å²) in [6.45, 7) is 3.42. The summed E-state index contributed by atoms with van der Waals surface area (Å²) in [5, 5.41) is 5.47. The molecule has 0 aromatic carbocycles. The van der Waals surface area contributed by atoms with Crippen molar-refractivity contribution < 1.29 is 14.3 Å². The highest BCUT2D eigenvalue weighted by Crippen LogP contribution is 2.23. The molecule has 0 aromatic heterocycles. The Morgan fingerprint density at radius 2 is 1.84 bits per heavy atom.